The third-order valence-corrected chi connectivity index (χ3v) is 3.35. The van der Waals surface area contributed by atoms with Crippen LogP contribution in [0, 0.1) is 0 Å². The van der Waals surface area contributed by atoms with Crippen LogP contribution in [-0.2, 0) is 13.5 Å². The molecule has 0 fully saturated rings. The molecule has 100 valence electrons. The number of fused-ring (bicyclic) bond motifs is 1. The number of benzene rings is 1. The van der Waals surface area contributed by atoms with E-state index in [-0.39, 0.29) is 0 Å². The molecule has 1 aromatic heterocycles. The first kappa shape index (κ1) is 12.0. The third kappa shape index (κ3) is 2.17. The van der Waals surface area contributed by atoms with Gasteiger partial charge in [0.15, 0.2) is 11.5 Å². The molecule has 0 amide bonds. The maximum absolute atomic E-state index is 5.41. The molecular formula is C14H17N3O2. The maximum Gasteiger partial charge on any atom is 0.231 e. The third-order valence-electron chi connectivity index (χ3n) is 3.35. The number of nitrogens with zero attached hydrogens (tertiary/aromatic N) is 2. The second kappa shape index (κ2) is 4.93. The van der Waals surface area contributed by atoms with Crippen LogP contribution in [-0.4, -0.2) is 29.9 Å². The van der Waals surface area contributed by atoms with E-state index < -0.39 is 0 Å². The summed E-state index contributed by atoms with van der Waals surface area (Å²) in [7, 11) is 3.99. The molecule has 1 aromatic carbocycles. The van der Waals surface area contributed by atoms with Crippen LogP contribution in [0.25, 0.3) is 11.3 Å². The highest BCUT2D eigenvalue weighted by molar-refractivity contribution is 5.64. The number of imidazole rings is 1. The second-order valence-corrected chi connectivity index (χ2v) is 4.54. The summed E-state index contributed by atoms with van der Waals surface area (Å²) < 4.78 is 12.9. The molecule has 2 aromatic rings. The molecule has 1 aliphatic heterocycles. The standard InChI is InChI=1S/C14H17N3O2/c1-15-6-5-14-16-8-11(17(14)2)10-3-4-12-13(7-10)19-9-18-12/h3-4,7-8,15H,5-6,9H2,1-2H3. The molecule has 19 heavy (non-hydrogen) atoms. The molecule has 1 aliphatic rings. The van der Waals surface area contributed by atoms with Crippen LogP contribution in [0.2, 0.25) is 0 Å². The van der Waals surface area contributed by atoms with E-state index in [1.807, 2.05) is 38.5 Å². The van der Waals surface area contributed by atoms with E-state index in [2.05, 4.69) is 14.9 Å². The van der Waals surface area contributed by atoms with Crippen molar-refractivity contribution in [2.45, 2.75) is 6.42 Å². The van der Waals surface area contributed by atoms with Gasteiger partial charge in [-0.15, -0.1) is 0 Å². The molecule has 0 bridgehead atoms. The zero-order valence-electron chi connectivity index (χ0n) is 11.1. The monoisotopic (exact) mass is 259 g/mol. The predicted octanol–water partition coefficient (Wildman–Crippen LogP) is 1.58. The first-order valence-electron chi connectivity index (χ1n) is 6.35. The Hall–Kier alpha value is -2.01. The predicted molar refractivity (Wildman–Crippen MR) is 72.4 cm³/mol. The molecule has 0 saturated heterocycles. The van der Waals surface area contributed by atoms with Gasteiger partial charge in [0.2, 0.25) is 6.79 Å². The number of rotatable bonds is 4. The minimum absolute atomic E-state index is 0.303. The molecule has 0 unspecified atom stereocenters. The van der Waals surface area contributed by atoms with Crippen LogP contribution in [0.5, 0.6) is 11.5 Å². The van der Waals surface area contributed by atoms with Crippen LogP contribution in [0.15, 0.2) is 24.4 Å². The van der Waals surface area contributed by atoms with Crippen molar-refractivity contribution in [1.82, 2.24) is 14.9 Å². The van der Waals surface area contributed by atoms with Crippen molar-refractivity contribution in [2.75, 3.05) is 20.4 Å². The summed E-state index contributed by atoms with van der Waals surface area (Å²) in [5, 5.41) is 3.14. The Kier molecular flexibility index (Phi) is 3.13. The SMILES string of the molecule is CNCCc1ncc(-c2ccc3c(c2)OCO3)n1C. The summed E-state index contributed by atoms with van der Waals surface area (Å²) in [6, 6.07) is 5.98. The number of hydrogen-bond donors (Lipinski definition) is 1. The Bertz CT molecular complexity index is 592. The van der Waals surface area contributed by atoms with Gasteiger partial charge in [-0.1, -0.05) is 0 Å². The van der Waals surface area contributed by atoms with Crippen molar-refractivity contribution < 1.29 is 9.47 Å². The van der Waals surface area contributed by atoms with Gasteiger partial charge >= 0.3 is 0 Å². The smallest absolute Gasteiger partial charge is 0.231 e. The zero-order chi connectivity index (χ0) is 13.2. The highest BCUT2D eigenvalue weighted by Gasteiger charge is 2.15. The summed E-state index contributed by atoms with van der Waals surface area (Å²) in [4.78, 5) is 4.47. The Morgan fingerprint density at radius 1 is 1.32 bits per heavy atom. The molecule has 0 atom stereocenters. The summed E-state index contributed by atoms with van der Waals surface area (Å²) in [6.07, 6.45) is 2.82. The van der Waals surface area contributed by atoms with Gasteiger partial charge in [0.1, 0.15) is 5.82 Å². The van der Waals surface area contributed by atoms with E-state index in [4.69, 9.17) is 9.47 Å². The largest absolute Gasteiger partial charge is 0.454 e. The van der Waals surface area contributed by atoms with Crippen LogP contribution in [0.1, 0.15) is 5.82 Å². The topological polar surface area (TPSA) is 48.3 Å². The lowest BCUT2D eigenvalue weighted by Gasteiger charge is -2.07. The molecule has 0 aliphatic carbocycles. The fraction of sp³-hybridized carbons (Fsp3) is 0.357. The van der Waals surface area contributed by atoms with Crippen LogP contribution in [0.3, 0.4) is 0 Å². The summed E-state index contributed by atoms with van der Waals surface area (Å²) in [5.41, 5.74) is 2.18. The van der Waals surface area contributed by atoms with Crippen molar-refractivity contribution in [3.8, 4) is 22.8 Å². The van der Waals surface area contributed by atoms with Gasteiger partial charge in [0.25, 0.3) is 0 Å². The quantitative estimate of drug-likeness (QED) is 0.905. The number of hydrogen-bond acceptors (Lipinski definition) is 4. The lowest BCUT2D eigenvalue weighted by atomic mass is 10.1. The molecule has 5 heteroatoms. The van der Waals surface area contributed by atoms with E-state index >= 15 is 0 Å². The number of ether oxygens (including phenoxy) is 2. The first-order valence-corrected chi connectivity index (χ1v) is 6.35. The molecule has 5 nitrogen and oxygen atoms in total. The van der Waals surface area contributed by atoms with Crippen LogP contribution in [0.4, 0.5) is 0 Å². The Labute approximate surface area is 112 Å². The summed E-state index contributed by atoms with van der Waals surface area (Å²) in [5.74, 6) is 2.68. The molecule has 0 radical (unpaired) electrons. The number of nitrogens with one attached hydrogen (secondary N) is 1. The number of likely N-dealkylation sites (N-methyl/N-ethyl adjacent to an activating group) is 1. The van der Waals surface area contributed by atoms with Crippen molar-refractivity contribution in [1.29, 1.82) is 0 Å². The fourth-order valence-corrected chi connectivity index (χ4v) is 2.24. The van der Waals surface area contributed by atoms with Crippen molar-refractivity contribution in [3.05, 3.63) is 30.2 Å². The van der Waals surface area contributed by atoms with Gasteiger partial charge in [-0.05, 0) is 25.2 Å². The van der Waals surface area contributed by atoms with Gasteiger partial charge in [0.05, 0.1) is 11.9 Å². The lowest BCUT2D eigenvalue weighted by Crippen LogP contribution is -2.13. The Morgan fingerprint density at radius 3 is 3.00 bits per heavy atom. The van der Waals surface area contributed by atoms with E-state index in [0.29, 0.717) is 6.79 Å². The second-order valence-electron chi connectivity index (χ2n) is 4.54. The molecule has 1 N–H and O–H groups in total. The summed E-state index contributed by atoms with van der Waals surface area (Å²) >= 11 is 0. The lowest BCUT2D eigenvalue weighted by molar-refractivity contribution is 0.174. The molecule has 2 heterocycles. The van der Waals surface area contributed by atoms with E-state index in [1.54, 1.807) is 0 Å². The molecule has 0 saturated carbocycles. The minimum Gasteiger partial charge on any atom is -0.454 e. The average molecular weight is 259 g/mol. The van der Waals surface area contributed by atoms with Gasteiger partial charge in [-0.25, -0.2) is 4.98 Å². The first-order chi connectivity index (χ1) is 9.29. The van der Waals surface area contributed by atoms with Crippen molar-refractivity contribution >= 4 is 0 Å². The zero-order valence-corrected chi connectivity index (χ0v) is 11.1. The average Bonchev–Trinajstić information content (AvgIpc) is 3.02. The van der Waals surface area contributed by atoms with Gasteiger partial charge < -0.3 is 19.4 Å². The normalized spacial score (nSPS) is 12.9. The van der Waals surface area contributed by atoms with E-state index in [9.17, 15) is 0 Å². The molecular weight excluding hydrogens is 242 g/mol. The van der Waals surface area contributed by atoms with Crippen molar-refractivity contribution in [3.63, 3.8) is 0 Å². The van der Waals surface area contributed by atoms with Crippen molar-refractivity contribution in [2.24, 2.45) is 7.05 Å². The van der Waals surface area contributed by atoms with Crippen LogP contribution >= 0.6 is 0 Å². The maximum atomic E-state index is 5.41. The van der Waals surface area contributed by atoms with Gasteiger partial charge in [0, 0.05) is 25.6 Å². The van der Waals surface area contributed by atoms with E-state index in [0.717, 1.165) is 41.5 Å². The van der Waals surface area contributed by atoms with E-state index in [1.165, 1.54) is 0 Å². The molecule has 3 rings (SSSR count). The summed E-state index contributed by atoms with van der Waals surface area (Å²) in [6.45, 7) is 1.23. The highest BCUT2D eigenvalue weighted by atomic mass is 16.7. The number of aromatic nitrogens is 2. The Balaban J connectivity index is 1.92. The Morgan fingerprint density at radius 2 is 2.16 bits per heavy atom. The fourth-order valence-electron chi connectivity index (χ4n) is 2.24. The van der Waals surface area contributed by atoms with Gasteiger partial charge in [-0.2, -0.15) is 0 Å². The van der Waals surface area contributed by atoms with Gasteiger partial charge in [-0.3, -0.25) is 0 Å². The van der Waals surface area contributed by atoms with Crippen LogP contribution < -0.4 is 14.8 Å². The highest BCUT2D eigenvalue weighted by Crippen LogP contribution is 2.35. The minimum atomic E-state index is 0.303. The molecule has 0 spiro atoms.